The van der Waals surface area contributed by atoms with E-state index in [0.29, 0.717) is 5.92 Å². The van der Waals surface area contributed by atoms with Gasteiger partial charge in [0.05, 0.1) is 5.69 Å². The van der Waals surface area contributed by atoms with Crippen LogP contribution in [0.4, 0.5) is 0 Å². The quantitative estimate of drug-likeness (QED) is 0.360. The summed E-state index contributed by atoms with van der Waals surface area (Å²) in [6, 6.07) is 0. The first kappa shape index (κ1) is 19.8. The van der Waals surface area contributed by atoms with E-state index in [1.54, 1.807) is 0 Å². The molecule has 1 unspecified atom stereocenters. The molecule has 1 heterocycles. The largest absolute Gasteiger partial charge is 0.314 e. The van der Waals surface area contributed by atoms with Gasteiger partial charge in [0.15, 0.2) is 0 Å². The second-order valence-electron chi connectivity index (χ2n) is 6.03. The first-order chi connectivity index (χ1) is 11.4. The van der Waals surface area contributed by atoms with Crippen LogP contribution in [0.3, 0.4) is 0 Å². The van der Waals surface area contributed by atoms with Gasteiger partial charge in [0, 0.05) is 11.4 Å². The minimum absolute atomic E-state index is 0.325. The van der Waals surface area contributed by atoms with Crippen LogP contribution in [0.15, 0.2) is 56.2 Å². The van der Waals surface area contributed by atoms with Gasteiger partial charge in [0.2, 0.25) is 0 Å². The number of allylic oxidation sites excluding steroid dienone is 8. The van der Waals surface area contributed by atoms with Crippen LogP contribution in [-0.4, -0.2) is 4.57 Å². The Hall–Kier alpha value is -2.28. The SMILES string of the molecule is C=C/C=C(/CC)c1c(C)c(/C=C\C)c(C)n1C(=C)/C=C\C(C)C=C. The third-order valence-electron chi connectivity index (χ3n) is 4.30. The van der Waals surface area contributed by atoms with Crippen LogP contribution < -0.4 is 0 Å². The van der Waals surface area contributed by atoms with Crippen molar-refractivity contribution in [3.63, 3.8) is 0 Å². The summed E-state index contributed by atoms with van der Waals surface area (Å²) in [5.74, 6) is 0.325. The number of aromatic nitrogens is 1. The lowest BCUT2D eigenvalue weighted by Gasteiger charge is -2.15. The maximum Gasteiger partial charge on any atom is 0.0525 e. The average molecular weight is 322 g/mol. The minimum atomic E-state index is 0.325. The fourth-order valence-corrected chi connectivity index (χ4v) is 2.93. The number of rotatable bonds is 8. The van der Waals surface area contributed by atoms with Crippen LogP contribution in [0.5, 0.6) is 0 Å². The first-order valence-electron chi connectivity index (χ1n) is 8.59. The van der Waals surface area contributed by atoms with Gasteiger partial charge >= 0.3 is 0 Å². The van der Waals surface area contributed by atoms with Gasteiger partial charge < -0.3 is 4.57 Å². The molecule has 0 spiro atoms. The van der Waals surface area contributed by atoms with Crippen molar-refractivity contribution in [2.24, 2.45) is 5.92 Å². The fourth-order valence-electron chi connectivity index (χ4n) is 2.93. The molecule has 0 aliphatic rings. The summed E-state index contributed by atoms with van der Waals surface area (Å²) in [5.41, 5.74) is 7.23. The molecular weight excluding hydrogens is 290 g/mol. The number of hydrogen-bond donors (Lipinski definition) is 0. The van der Waals surface area contributed by atoms with Crippen LogP contribution in [0.25, 0.3) is 17.3 Å². The monoisotopic (exact) mass is 321 g/mol. The summed E-state index contributed by atoms with van der Waals surface area (Å²) in [5, 5.41) is 0. The molecule has 0 saturated heterocycles. The number of hydrogen-bond acceptors (Lipinski definition) is 0. The summed E-state index contributed by atoms with van der Waals surface area (Å²) in [6.07, 6.45) is 15.3. The zero-order valence-electron chi connectivity index (χ0n) is 15.9. The Morgan fingerprint density at radius 1 is 1.25 bits per heavy atom. The van der Waals surface area contributed by atoms with Crippen molar-refractivity contribution in [2.45, 2.75) is 41.0 Å². The molecule has 0 aromatic carbocycles. The zero-order chi connectivity index (χ0) is 18.3. The van der Waals surface area contributed by atoms with Crippen molar-refractivity contribution in [1.29, 1.82) is 0 Å². The second-order valence-corrected chi connectivity index (χ2v) is 6.03. The molecule has 0 bridgehead atoms. The van der Waals surface area contributed by atoms with Gasteiger partial charge in [-0.2, -0.15) is 0 Å². The van der Waals surface area contributed by atoms with Crippen LogP contribution in [0.1, 0.15) is 49.7 Å². The van der Waals surface area contributed by atoms with Crippen molar-refractivity contribution in [1.82, 2.24) is 4.57 Å². The molecule has 1 heteroatoms. The molecule has 1 nitrogen and oxygen atoms in total. The highest BCUT2D eigenvalue weighted by molar-refractivity contribution is 5.77. The summed E-state index contributed by atoms with van der Waals surface area (Å²) in [7, 11) is 0. The standard InChI is InChI=1S/C23H31N/c1-9-13-21(12-4)23-19(7)22(14-10-2)20(8)24(23)18(6)16-15-17(5)11-3/h9-11,13-17H,1,3,6,12H2,2,4-5,7-8H3/b14-10-,16-15-,21-13-. The van der Waals surface area contributed by atoms with E-state index in [1.165, 1.54) is 28.1 Å². The molecule has 128 valence electrons. The fraction of sp³-hybridized carbons (Fsp3) is 0.304. The summed E-state index contributed by atoms with van der Waals surface area (Å²) < 4.78 is 2.26. The van der Waals surface area contributed by atoms with Gasteiger partial charge in [-0.05, 0) is 55.9 Å². The molecule has 1 aromatic rings. The summed E-state index contributed by atoms with van der Waals surface area (Å²) >= 11 is 0. The highest BCUT2D eigenvalue weighted by Crippen LogP contribution is 2.33. The molecule has 0 aliphatic heterocycles. The van der Waals surface area contributed by atoms with Crippen molar-refractivity contribution in [3.05, 3.63) is 78.7 Å². The minimum Gasteiger partial charge on any atom is -0.314 e. The van der Waals surface area contributed by atoms with Crippen LogP contribution in [-0.2, 0) is 0 Å². The molecule has 1 aromatic heterocycles. The molecular formula is C23H31N. The Balaban J connectivity index is 3.62. The van der Waals surface area contributed by atoms with Crippen LogP contribution in [0.2, 0.25) is 0 Å². The topological polar surface area (TPSA) is 4.93 Å². The summed E-state index contributed by atoms with van der Waals surface area (Å²) in [6.45, 7) is 22.7. The molecule has 0 fully saturated rings. The maximum absolute atomic E-state index is 4.31. The van der Waals surface area contributed by atoms with Crippen molar-refractivity contribution < 1.29 is 0 Å². The highest BCUT2D eigenvalue weighted by Gasteiger charge is 2.18. The predicted octanol–water partition coefficient (Wildman–Crippen LogP) is 6.97. The van der Waals surface area contributed by atoms with Crippen molar-refractivity contribution in [2.75, 3.05) is 0 Å². The van der Waals surface area contributed by atoms with E-state index in [9.17, 15) is 0 Å². The predicted molar refractivity (Wildman–Crippen MR) is 111 cm³/mol. The third-order valence-corrected chi connectivity index (χ3v) is 4.30. The van der Waals surface area contributed by atoms with E-state index in [1.807, 2.05) is 12.2 Å². The lowest BCUT2D eigenvalue weighted by Crippen LogP contribution is -2.03. The van der Waals surface area contributed by atoms with E-state index in [2.05, 4.69) is 89.3 Å². The Kier molecular flexibility index (Phi) is 7.51. The molecule has 0 N–H and O–H groups in total. The normalized spacial score (nSPS) is 13.6. The van der Waals surface area contributed by atoms with E-state index >= 15 is 0 Å². The van der Waals surface area contributed by atoms with Gasteiger partial charge in [-0.15, -0.1) is 6.58 Å². The summed E-state index contributed by atoms with van der Waals surface area (Å²) in [4.78, 5) is 0. The molecule has 0 saturated carbocycles. The second kappa shape index (κ2) is 9.12. The van der Waals surface area contributed by atoms with E-state index in [4.69, 9.17) is 0 Å². The van der Waals surface area contributed by atoms with E-state index in [-0.39, 0.29) is 0 Å². The van der Waals surface area contributed by atoms with Gasteiger partial charge in [-0.25, -0.2) is 0 Å². The number of nitrogens with zero attached hydrogens (tertiary/aromatic N) is 1. The lowest BCUT2D eigenvalue weighted by molar-refractivity contribution is 0.938. The average Bonchev–Trinajstić information content (AvgIpc) is 2.82. The van der Waals surface area contributed by atoms with Gasteiger partial charge in [0.25, 0.3) is 0 Å². The smallest absolute Gasteiger partial charge is 0.0525 e. The Bertz CT molecular complexity index is 705. The Morgan fingerprint density at radius 3 is 2.42 bits per heavy atom. The molecule has 0 aliphatic carbocycles. The lowest BCUT2D eigenvalue weighted by atomic mass is 10.0. The van der Waals surface area contributed by atoms with Gasteiger partial charge in [-0.1, -0.05) is 63.5 Å². The highest BCUT2D eigenvalue weighted by atomic mass is 15.0. The van der Waals surface area contributed by atoms with E-state index < -0.39 is 0 Å². The first-order valence-corrected chi connectivity index (χ1v) is 8.59. The molecule has 24 heavy (non-hydrogen) atoms. The maximum atomic E-state index is 4.31. The molecule has 0 amide bonds. The molecule has 1 rings (SSSR count). The zero-order valence-corrected chi connectivity index (χ0v) is 15.9. The molecule has 1 atom stereocenters. The Morgan fingerprint density at radius 2 is 1.92 bits per heavy atom. The van der Waals surface area contributed by atoms with Gasteiger partial charge in [-0.3, -0.25) is 0 Å². The van der Waals surface area contributed by atoms with Gasteiger partial charge in [0.1, 0.15) is 0 Å². The van der Waals surface area contributed by atoms with E-state index in [0.717, 1.165) is 12.1 Å². The Labute approximate surface area is 148 Å². The molecule has 0 radical (unpaired) electrons. The van der Waals surface area contributed by atoms with Crippen molar-refractivity contribution in [3.8, 4) is 0 Å². The van der Waals surface area contributed by atoms with Crippen LogP contribution in [0, 0.1) is 19.8 Å². The van der Waals surface area contributed by atoms with Crippen molar-refractivity contribution >= 4 is 17.3 Å². The third kappa shape index (κ3) is 4.17. The van der Waals surface area contributed by atoms with Crippen LogP contribution >= 0.6 is 0 Å².